The van der Waals surface area contributed by atoms with E-state index < -0.39 is 11.7 Å². The van der Waals surface area contributed by atoms with Gasteiger partial charge in [-0.15, -0.1) is 12.4 Å². The normalized spacial score (nSPS) is 15.2. The highest BCUT2D eigenvalue weighted by molar-refractivity contribution is 5.94. The van der Waals surface area contributed by atoms with Gasteiger partial charge in [0.2, 0.25) is 0 Å². The summed E-state index contributed by atoms with van der Waals surface area (Å²) in [6, 6.07) is 12.6. The van der Waals surface area contributed by atoms with Crippen molar-refractivity contribution in [1.82, 2.24) is 9.80 Å². The molecule has 1 aliphatic rings. The fourth-order valence-electron chi connectivity index (χ4n) is 3.18. The zero-order valence-electron chi connectivity index (χ0n) is 15.3. The molecule has 1 aliphatic heterocycles. The topological polar surface area (TPSA) is 49.6 Å². The zero-order chi connectivity index (χ0) is 19.4. The molecule has 2 N–H and O–H groups in total. The van der Waals surface area contributed by atoms with Crippen LogP contribution in [0.1, 0.15) is 27.0 Å². The molecule has 0 aliphatic carbocycles. The average Bonchev–Trinajstić information content (AvgIpc) is 2.68. The van der Waals surface area contributed by atoms with E-state index in [1.54, 1.807) is 23.1 Å². The van der Waals surface area contributed by atoms with Crippen LogP contribution in [0.15, 0.2) is 48.5 Å². The Hall–Kier alpha value is -2.09. The van der Waals surface area contributed by atoms with Crippen molar-refractivity contribution in [3.8, 4) is 0 Å². The maximum absolute atomic E-state index is 12.8. The number of piperazine rings is 1. The molecule has 3 rings (SSSR count). The molecule has 1 amide bonds. The largest absolute Gasteiger partial charge is 0.416 e. The molecular weight excluding hydrogens is 391 g/mol. The van der Waals surface area contributed by atoms with Crippen LogP contribution in [0.25, 0.3) is 0 Å². The molecule has 1 fully saturated rings. The first kappa shape index (κ1) is 22.2. The van der Waals surface area contributed by atoms with Crippen molar-refractivity contribution in [3.05, 3.63) is 70.8 Å². The van der Waals surface area contributed by atoms with Crippen molar-refractivity contribution < 1.29 is 18.0 Å². The third-order valence-corrected chi connectivity index (χ3v) is 4.76. The van der Waals surface area contributed by atoms with Crippen molar-refractivity contribution in [3.63, 3.8) is 0 Å². The summed E-state index contributed by atoms with van der Waals surface area (Å²) in [4.78, 5) is 16.4. The van der Waals surface area contributed by atoms with E-state index in [2.05, 4.69) is 4.90 Å². The van der Waals surface area contributed by atoms with Crippen molar-refractivity contribution in [2.45, 2.75) is 19.3 Å². The second-order valence-electron chi connectivity index (χ2n) is 6.67. The van der Waals surface area contributed by atoms with Crippen LogP contribution >= 0.6 is 12.4 Å². The van der Waals surface area contributed by atoms with Crippen LogP contribution in [0.3, 0.4) is 0 Å². The molecule has 0 aromatic heterocycles. The third-order valence-electron chi connectivity index (χ3n) is 4.76. The molecule has 0 bridgehead atoms. The van der Waals surface area contributed by atoms with Crippen molar-refractivity contribution in [1.29, 1.82) is 0 Å². The lowest BCUT2D eigenvalue weighted by atomic mass is 10.1. The van der Waals surface area contributed by atoms with Crippen molar-refractivity contribution in [2.75, 3.05) is 26.2 Å². The first-order valence-corrected chi connectivity index (χ1v) is 8.83. The number of nitrogens with zero attached hydrogens (tertiary/aromatic N) is 2. The van der Waals surface area contributed by atoms with E-state index in [0.717, 1.165) is 11.6 Å². The van der Waals surface area contributed by atoms with E-state index in [1.807, 2.05) is 12.1 Å². The number of halogens is 4. The number of carbonyl (C=O) groups excluding carboxylic acids is 1. The molecular formula is C20H23ClF3N3O. The summed E-state index contributed by atoms with van der Waals surface area (Å²) in [6.07, 6.45) is -4.33. The number of alkyl halides is 3. The molecule has 0 spiro atoms. The minimum atomic E-state index is -4.33. The van der Waals surface area contributed by atoms with Crippen LogP contribution in [0.4, 0.5) is 13.2 Å². The fourth-order valence-corrected chi connectivity index (χ4v) is 3.18. The van der Waals surface area contributed by atoms with Crippen molar-refractivity contribution in [2.24, 2.45) is 5.73 Å². The minimum Gasteiger partial charge on any atom is -0.336 e. The molecule has 0 saturated carbocycles. The summed E-state index contributed by atoms with van der Waals surface area (Å²) in [5.41, 5.74) is 7.16. The van der Waals surface area contributed by atoms with Gasteiger partial charge in [0, 0.05) is 44.8 Å². The summed E-state index contributed by atoms with van der Waals surface area (Å²) in [6.45, 7) is 3.23. The average molecular weight is 414 g/mol. The molecule has 8 heteroatoms. The molecule has 2 aromatic rings. The number of carbonyl (C=O) groups is 1. The Balaban J connectivity index is 0.00000280. The number of nitrogens with two attached hydrogens (primary N) is 1. The van der Waals surface area contributed by atoms with Gasteiger partial charge >= 0.3 is 6.18 Å². The SMILES string of the molecule is Cl.NCc1ccc(C(=O)N2CCN(Cc3cccc(C(F)(F)F)c3)CC2)cc1. The second kappa shape index (κ2) is 9.41. The standard InChI is InChI=1S/C20H22F3N3O.ClH/c21-20(22,23)18-3-1-2-16(12-18)14-25-8-10-26(11-9-25)19(27)17-6-4-15(13-24)5-7-17;/h1-7,12H,8-11,13-14,24H2;1H. The molecule has 1 saturated heterocycles. The Kier molecular flexibility index (Phi) is 7.46. The van der Waals surface area contributed by atoms with Gasteiger partial charge in [-0.2, -0.15) is 13.2 Å². The third kappa shape index (κ3) is 5.47. The smallest absolute Gasteiger partial charge is 0.336 e. The number of benzene rings is 2. The van der Waals surface area contributed by atoms with Gasteiger partial charge in [-0.3, -0.25) is 9.69 Å². The molecule has 0 atom stereocenters. The maximum Gasteiger partial charge on any atom is 0.416 e. The maximum atomic E-state index is 12.8. The quantitative estimate of drug-likeness (QED) is 0.834. The van der Waals surface area contributed by atoms with Crippen molar-refractivity contribution >= 4 is 18.3 Å². The summed E-state index contributed by atoms with van der Waals surface area (Å²) in [7, 11) is 0. The molecule has 0 radical (unpaired) electrons. The first-order chi connectivity index (χ1) is 12.9. The van der Waals surface area contributed by atoms with Gasteiger partial charge in [0.1, 0.15) is 0 Å². The Morgan fingerprint density at radius 1 is 0.964 bits per heavy atom. The lowest BCUT2D eigenvalue weighted by Crippen LogP contribution is -2.48. The Bertz CT molecular complexity index is 788. The molecule has 0 unspecified atom stereocenters. The summed E-state index contributed by atoms with van der Waals surface area (Å²) < 4.78 is 38.5. The van der Waals surface area contributed by atoms with Gasteiger partial charge in [0.05, 0.1) is 5.56 Å². The van der Waals surface area contributed by atoms with Crippen LogP contribution in [0.2, 0.25) is 0 Å². The van der Waals surface area contributed by atoms with Crippen LogP contribution in [0.5, 0.6) is 0 Å². The van der Waals surface area contributed by atoms with Crippen LogP contribution < -0.4 is 5.73 Å². The molecule has 1 heterocycles. The van der Waals surface area contributed by atoms with Crippen LogP contribution in [0, 0.1) is 0 Å². The van der Waals surface area contributed by atoms with Gasteiger partial charge < -0.3 is 10.6 Å². The zero-order valence-corrected chi connectivity index (χ0v) is 16.1. The number of hydrogen-bond donors (Lipinski definition) is 1. The van der Waals surface area contributed by atoms with E-state index in [9.17, 15) is 18.0 Å². The first-order valence-electron chi connectivity index (χ1n) is 8.83. The molecule has 152 valence electrons. The molecule has 2 aromatic carbocycles. The van der Waals surface area contributed by atoms with E-state index >= 15 is 0 Å². The van der Waals surface area contributed by atoms with Gasteiger partial charge in [0.25, 0.3) is 5.91 Å². The predicted octanol–water partition coefficient (Wildman–Crippen LogP) is 3.54. The van der Waals surface area contributed by atoms with Gasteiger partial charge in [-0.1, -0.05) is 30.3 Å². The van der Waals surface area contributed by atoms with E-state index in [-0.39, 0.29) is 18.3 Å². The lowest BCUT2D eigenvalue weighted by molar-refractivity contribution is -0.137. The predicted molar refractivity (Wildman–Crippen MR) is 104 cm³/mol. The number of hydrogen-bond acceptors (Lipinski definition) is 3. The number of rotatable bonds is 4. The van der Waals surface area contributed by atoms with Gasteiger partial charge in [-0.05, 0) is 29.3 Å². The minimum absolute atomic E-state index is 0. The van der Waals surface area contributed by atoms with Crippen LogP contribution in [-0.4, -0.2) is 41.9 Å². The Morgan fingerprint density at radius 3 is 2.18 bits per heavy atom. The highest BCUT2D eigenvalue weighted by Crippen LogP contribution is 2.29. The molecule has 4 nitrogen and oxygen atoms in total. The highest BCUT2D eigenvalue weighted by Gasteiger charge is 2.30. The van der Waals surface area contributed by atoms with E-state index in [0.29, 0.717) is 50.4 Å². The van der Waals surface area contributed by atoms with E-state index in [1.165, 1.54) is 12.1 Å². The highest BCUT2D eigenvalue weighted by atomic mass is 35.5. The second-order valence-corrected chi connectivity index (χ2v) is 6.67. The van der Waals surface area contributed by atoms with Gasteiger partial charge in [0.15, 0.2) is 0 Å². The monoisotopic (exact) mass is 413 g/mol. The van der Waals surface area contributed by atoms with Gasteiger partial charge in [-0.25, -0.2) is 0 Å². The fraction of sp³-hybridized carbons (Fsp3) is 0.350. The number of amides is 1. The summed E-state index contributed by atoms with van der Waals surface area (Å²) in [5, 5.41) is 0. The summed E-state index contributed by atoms with van der Waals surface area (Å²) >= 11 is 0. The Labute approximate surface area is 168 Å². The molecule has 28 heavy (non-hydrogen) atoms. The summed E-state index contributed by atoms with van der Waals surface area (Å²) in [5.74, 6) is -0.0303. The van der Waals surface area contributed by atoms with Crippen LogP contribution in [-0.2, 0) is 19.3 Å². The van der Waals surface area contributed by atoms with E-state index in [4.69, 9.17) is 5.73 Å². The Morgan fingerprint density at radius 2 is 1.61 bits per heavy atom. The lowest BCUT2D eigenvalue weighted by Gasteiger charge is -2.35.